The molecular formula is C12H18. The van der Waals surface area contributed by atoms with E-state index in [-0.39, 0.29) is 0 Å². The highest BCUT2D eigenvalue weighted by molar-refractivity contribution is 5.31. The molecule has 0 heteroatoms. The first kappa shape index (κ1) is 8.10. The van der Waals surface area contributed by atoms with E-state index in [9.17, 15) is 0 Å². The predicted octanol–water partition coefficient (Wildman–Crippen LogP) is 3.55. The van der Waals surface area contributed by atoms with Crippen molar-refractivity contribution in [3.8, 4) is 0 Å². The fourth-order valence-corrected chi connectivity index (χ4v) is 2.65. The molecule has 66 valence electrons. The molecule has 0 radical (unpaired) electrons. The summed E-state index contributed by atoms with van der Waals surface area (Å²) in [5.74, 6) is 0.804. The van der Waals surface area contributed by atoms with Crippen LogP contribution in [0.15, 0.2) is 23.8 Å². The van der Waals surface area contributed by atoms with Crippen LogP contribution in [0.2, 0.25) is 0 Å². The molecule has 2 aliphatic rings. The Balaban J connectivity index is 2.30. The van der Waals surface area contributed by atoms with Crippen LogP contribution in [0.25, 0.3) is 0 Å². The minimum absolute atomic E-state index is 0.528. The Kier molecular flexibility index (Phi) is 1.38. The van der Waals surface area contributed by atoms with E-state index in [1.165, 1.54) is 12.0 Å². The van der Waals surface area contributed by atoms with Crippen LogP contribution in [-0.4, -0.2) is 0 Å². The summed E-state index contributed by atoms with van der Waals surface area (Å²) in [7, 11) is 0. The van der Waals surface area contributed by atoms with Gasteiger partial charge in [-0.05, 0) is 30.1 Å². The summed E-state index contributed by atoms with van der Waals surface area (Å²) in [4.78, 5) is 0. The van der Waals surface area contributed by atoms with Crippen molar-refractivity contribution >= 4 is 0 Å². The highest BCUT2D eigenvalue weighted by Crippen LogP contribution is 2.71. The summed E-state index contributed by atoms with van der Waals surface area (Å²) in [5.41, 5.74) is 2.50. The van der Waals surface area contributed by atoms with Gasteiger partial charge in [-0.1, -0.05) is 44.6 Å². The Morgan fingerprint density at radius 1 is 1.33 bits per heavy atom. The van der Waals surface area contributed by atoms with Crippen LogP contribution in [-0.2, 0) is 0 Å². The molecule has 0 spiro atoms. The van der Waals surface area contributed by atoms with Gasteiger partial charge in [-0.15, -0.1) is 0 Å². The van der Waals surface area contributed by atoms with Gasteiger partial charge in [-0.2, -0.15) is 0 Å². The molecule has 12 heavy (non-hydrogen) atoms. The van der Waals surface area contributed by atoms with Crippen molar-refractivity contribution in [3.63, 3.8) is 0 Å². The molecule has 0 aromatic heterocycles. The molecule has 0 bridgehead atoms. The SMILES string of the molecule is CC1=CCC2(C)C(C=C1)C2(C)C. The van der Waals surface area contributed by atoms with E-state index < -0.39 is 0 Å². The molecule has 0 aliphatic heterocycles. The highest BCUT2D eigenvalue weighted by atomic mass is 14.7. The van der Waals surface area contributed by atoms with Gasteiger partial charge < -0.3 is 0 Å². The maximum atomic E-state index is 2.41. The second kappa shape index (κ2) is 2.04. The summed E-state index contributed by atoms with van der Waals surface area (Å²) >= 11 is 0. The molecule has 1 saturated carbocycles. The average Bonchev–Trinajstić information content (AvgIpc) is 2.46. The van der Waals surface area contributed by atoms with Crippen molar-refractivity contribution in [1.29, 1.82) is 0 Å². The van der Waals surface area contributed by atoms with Gasteiger partial charge in [0.2, 0.25) is 0 Å². The Labute approximate surface area is 75.4 Å². The zero-order valence-corrected chi connectivity index (χ0v) is 8.52. The minimum atomic E-state index is 0.528. The van der Waals surface area contributed by atoms with Crippen LogP contribution in [0.3, 0.4) is 0 Å². The predicted molar refractivity (Wildman–Crippen MR) is 52.9 cm³/mol. The lowest BCUT2D eigenvalue weighted by atomic mass is 9.94. The maximum Gasteiger partial charge on any atom is -0.0111 e. The topological polar surface area (TPSA) is 0 Å². The summed E-state index contributed by atoms with van der Waals surface area (Å²) in [6.07, 6.45) is 8.32. The lowest BCUT2D eigenvalue weighted by Gasteiger charge is -2.11. The third-order valence-electron chi connectivity index (χ3n) is 4.25. The van der Waals surface area contributed by atoms with Crippen molar-refractivity contribution in [2.45, 2.75) is 34.1 Å². The number of hydrogen-bond acceptors (Lipinski definition) is 0. The first-order valence-electron chi connectivity index (χ1n) is 4.83. The van der Waals surface area contributed by atoms with E-state index in [2.05, 4.69) is 45.9 Å². The zero-order chi connectivity index (χ0) is 8.98. The van der Waals surface area contributed by atoms with E-state index in [1.54, 1.807) is 0 Å². The van der Waals surface area contributed by atoms with Crippen molar-refractivity contribution in [3.05, 3.63) is 23.8 Å². The normalized spacial score (nSPS) is 43.0. The standard InChI is InChI=1S/C12H18/c1-9-5-6-10-11(2,3)12(10,4)8-7-9/h5-7,10H,8H2,1-4H3. The second-order valence-corrected chi connectivity index (χ2v) is 5.13. The molecule has 2 unspecified atom stereocenters. The van der Waals surface area contributed by atoms with Crippen LogP contribution >= 0.6 is 0 Å². The van der Waals surface area contributed by atoms with Gasteiger partial charge in [-0.25, -0.2) is 0 Å². The quantitative estimate of drug-likeness (QED) is 0.511. The molecule has 0 aromatic rings. The van der Waals surface area contributed by atoms with Gasteiger partial charge in [0.15, 0.2) is 0 Å². The van der Waals surface area contributed by atoms with Crippen molar-refractivity contribution < 1.29 is 0 Å². The number of fused-ring (bicyclic) bond motifs is 1. The van der Waals surface area contributed by atoms with Crippen LogP contribution in [0.4, 0.5) is 0 Å². The number of rotatable bonds is 0. The Morgan fingerprint density at radius 2 is 2.00 bits per heavy atom. The second-order valence-electron chi connectivity index (χ2n) is 5.13. The Hall–Kier alpha value is -0.520. The zero-order valence-electron chi connectivity index (χ0n) is 8.52. The van der Waals surface area contributed by atoms with E-state index in [0.29, 0.717) is 10.8 Å². The van der Waals surface area contributed by atoms with Gasteiger partial charge in [0.05, 0.1) is 0 Å². The van der Waals surface area contributed by atoms with Crippen molar-refractivity contribution in [2.75, 3.05) is 0 Å². The molecule has 1 fully saturated rings. The molecule has 2 aliphatic carbocycles. The van der Waals surface area contributed by atoms with Crippen molar-refractivity contribution in [2.24, 2.45) is 16.7 Å². The summed E-state index contributed by atoms with van der Waals surface area (Å²) in [6.45, 7) is 9.38. The van der Waals surface area contributed by atoms with Crippen LogP contribution in [0.5, 0.6) is 0 Å². The van der Waals surface area contributed by atoms with Crippen LogP contribution < -0.4 is 0 Å². The molecule has 0 aromatic carbocycles. The molecule has 2 rings (SSSR count). The van der Waals surface area contributed by atoms with Gasteiger partial charge in [0.25, 0.3) is 0 Å². The summed E-state index contributed by atoms with van der Waals surface area (Å²) in [6, 6.07) is 0. The minimum Gasteiger partial charge on any atom is -0.0810 e. The fourth-order valence-electron chi connectivity index (χ4n) is 2.65. The third-order valence-corrected chi connectivity index (χ3v) is 4.25. The van der Waals surface area contributed by atoms with E-state index in [1.807, 2.05) is 0 Å². The highest BCUT2D eigenvalue weighted by Gasteiger charge is 2.65. The van der Waals surface area contributed by atoms with Crippen molar-refractivity contribution in [1.82, 2.24) is 0 Å². The smallest absolute Gasteiger partial charge is 0.0111 e. The molecule has 0 amide bonds. The number of hydrogen-bond donors (Lipinski definition) is 0. The maximum absolute atomic E-state index is 2.41. The van der Waals surface area contributed by atoms with Crippen LogP contribution in [0.1, 0.15) is 34.1 Å². The lowest BCUT2D eigenvalue weighted by molar-refractivity contribution is 0.422. The van der Waals surface area contributed by atoms with Gasteiger partial charge in [0.1, 0.15) is 0 Å². The van der Waals surface area contributed by atoms with E-state index >= 15 is 0 Å². The molecular weight excluding hydrogens is 144 g/mol. The number of allylic oxidation sites excluding steroid dienone is 4. The monoisotopic (exact) mass is 162 g/mol. The fraction of sp³-hybridized carbons (Fsp3) is 0.667. The van der Waals surface area contributed by atoms with E-state index in [0.717, 1.165) is 5.92 Å². The first-order valence-corrected chi connectivity index (χ1v) is 4.83. The summed E-state index contributed by atoms with van der Waals surface area (Å²) in [5, 5.41) is 0. The van der Waals surface area contributed by atoms with E-state index in [4.69, 9.17) is 0 Å². The average molecular weight is 162 g/mol. The van der Waals surface area contributed by atoms with Gasteiger partial charge >= 0.3 is 0 Å². The molecule has 0 heterocycles. The largest absolute Gasteiger partial charge is 0.0810 e. The summed E-state index contributed by atoms with van der Waals surface area (Å²) < 4.78 is 0. The van der Waals surface area contributed by atoms with Gasteiger partial charge in [-0.3, -0.25) is 0 Å². The molecule has 0 nitrogen and oxygen atoms in total. The first-order chi connectivity index (χ1) is 5.48. The Bertz CT molecular complexity index is 268. The lowest BCUT2D eigenvalue weighted by Crippen LogP contribution is -2.01. The van der Waals surface area contributed by atoms with Crippen LogP contribution in [0, 0.1) is 16.7 Å². The Morgan fingerprint density at radius 3 is 2.67 bits per heavy atom. The third kappa shape index (κ3) is 0.784. The molecule has 2 atom stereocenters. The van der Waals surface area contributed by atoms with Gasteiger partial charge in [0, 0.05) is 0 Å². The molecule has 0 saturated heterocycles. The molecule has 0 N–H and O–H groups in total.